The second kappa shape index (κ2) is 14.1. The molecule has 2 aromatic carbocycles. The number of likely N-dealkylation sites (N-methyl/N-ethyl adjacent to an activating group) is 1. The number of sulfonamides is 1. The van der Waals surface area contributed by atoms with Gasteiger partial charge in [0.05, 0.1) is 24.1 Å². The van der Waals surface area contributed by atoms with Crippen molar-refractivity contribution in [2.24, 2.45) is 0 Å². The smallest absolute Gasteiger partial charge is 0.242 e. The van der Waals surface area contributed by atoms with Crippen molar-refractivity contribution >= 4 is 39.1 Å². The van der Waals surface area contributed by atoms with E-state index in [0.29, 0.717) is 42.4 Å². The van der Waals surface area contributed by atoms with Crippen molar-refractivity contribution in [1.82, 2.24) is 10.2 Å². The average Bonchev–Trinajstić information content (AvgIpc) is 2.84. The minimum atomic E-state index is -3.62. The summed E-state index contributed by atoms with van der Waals surface area (Å²) in [5.41, 5.74) is 1.46. The van der Waals surface area contributed by atoms with Crippen molar-refractivity contribution in [3.63, 3.8) is 0 Å². The molecule has 0 aliphatic heterocycles. The molecule has 0 fully saturated rings. The number of carbonyl (C=O) groups excluding carboxylic acids is 2. The third-order valence-corrected chi connectivity index (χ3v) is 7.29. The molecular weight excluding hydrogens is 502 g/mol. The minimum Gasteiger partial charge on any atom is -0.495 e. The second-order valence-electron chi connectivity index (χ2n) is 8.40. The number of hydrogen-bond acceptors (Lipinski definition) is 5. The fourth-order valence-corrected chi connectivity index (χ4v) is 5.21. The number of hydrogen-bond donors (Lipinski definition) is 1. The van der Waals surface area contributed by atoms with Crippen molar-refractivity contribution in [3.05, 3.63) is 59.1 Å². The summed E-state index contributed by atoms with van der Waals surface area (Å²) in [6.07, 6.45) is 2.58. The summed E-state index contributed by atoms with van der Waals surface area (Å²) in [6.45, 7) is 4.68. The second-order valence-corrected chi connectivity index (χ2v) is 10.7. The van der Waals surface area contributed by atoms with E-state index in [2.05, 4.69) is 5.32 Å². The average molecular weight is 538 g/mol. The first-order chi connectivity index (χ1) is 17.1. The summed E-state index contributed by atoms with van der Waals surface area (Å²) >= 11 is 6.20. The van der Waals surface area contributed by atoms with Gasteiger partial charge in [-0.1, -0.05) is 48.9 Å². The lowest BCUT2D eigenvalue weighted by molar-refractivity contribution is -0.140. The predicted octanol–water partition coefficient (Wildman–Crippen LogP) is 3.88. The standard InChI is InChI=1S/C26H36ClN3O5S/c1-5-23(26(32)28-6-2)29(18-16-20-11-8-7-9-12-20)25(31)13-10-17-30(36(4,33)34)21-14-15-24(35-3)22(27)19-21/h7-9,11-12,14-15,19,23H,5-6,10,13,16-18H2,1-4H3,(H,28,32)/t23-/m1/s1. The summed E-state index contributed by atoms with van der Waals surface area (Å²) in [4.78, 5) is 27.6. The number of methoxy groups -OCH3 is 1. The Morgan fingerprint density at radius 2 is 1.78 bits per heavy atom. The van der Waals surface area contributed by atoms with Gasteiger partial charge in [0.1, 0.15) is 11.8 Å². The topological polar surface area (TPSA) is 96.0 Å². The van der Waals surface area contributed by atoms with Crippen molar-refractivity contribution in [3.8, 4) is 5.75 Å². The molecule has 1 atom stereocenters. The van der Waals surface area contributed by atoms with Gasteiger partial charge in [0.2, 0.25) is 21.8 Å². The molecule has 0 bridgehead atoms. The third-order valence-electron chi connectivity index (χ3n) is 5.80. The number of nitrogens with zero attached hydrogens (tertiary/aromatic N) is 2. The molecule has 0 aromatic heterocycles. The van der Waals surface area contributed by atoms with Gasteiger partial charge in [-0.15, -0.1) is 0 Å². The molecular formula is C26H36ClN3O5S. The van der Waals surface area contributed by atoms with Gasteiger partial charge >= 0.3 is 0 Å². The molecule has 10 heteroatoms. The molecule has 0 radical (unpaired) electrons. The number of carbonyl (C=O) groups is 2. The van der Waals surface area contributed by atoms with Gasteiger partial charge in [-0.3, -0.25) is 13.9 Å². The van der Waals surface area contributed by atoms with E-state index in [0.717, 1.165) is 11.8 Å². The van der Waals surface area contributed by atoms with Crippen LogP contribution in [0.4, 0.5) is 5.69 Å². The Balaban J connectivity index is 2.16. The van der Waals surface area contributed by atoms with Crippen LogP contribution in [0.2, 0.25) is 5.02 Å². The van der Waals surface area contributed by atoms with Crippen LogP contribution in [-0.4, -0.2) is 64.2 Å². The molecule has 8 nitrogen and oxygen atoms in total. The molecule has 0 saturated heterocycles. The van der Waals surface area contributed by atoms with Crippen molar-refractivity contribution in [2.45, 2.75) is 45.6 Å². The normalized spacial score (nSPS) is 12.0. The zero-order valence-electron chi connectivity index (χ0n) is 21.4. The van der Waals surface area contributed by atoms with E-state index >= 15 is 0 Å². The number of rotatable bonds is 14. The van der Waals surface area contributed by atoms with Crippen LogP contribution in [0, 0.1) is 0 Å². The maximum absolute atomic E-state index is 13.3. The summed E-state index contributed by atoms with van der Waals surface area (Å²) < 4.78 is 31.3. The quantitative estimate of drug-likeness (QED) is 0.394. The molecule has 0 heterocycles. The molecule has 198 valence electrons. The number of nitrogens with one attached hydrogen (secondary N) is 1. The maximum atomic E-state index is 13.3. The minimum absolute atomic E-state index is 0.0949. The van der Waals surface area contributed by atoms with Crippen molar-refractivity contribution in [2.75, 3.05) is 37.3 Å². The Morgan fingerprint density at radius 1 is 1.08 bits per heavy atom. The van der Waals surface area contributed by atoms with Crippen molar-refractivity contribution < 1.29 is 22.7 Å². The van der Waals surface area contributed by atoms with Gasteiger partial charge < -0.3 is 15.0 Å². The van der Waals surface area contributed by atoms with Crippen LogP contribution < -0.4 is 14.4 Å². The summed E-state index contributed by atoms with van der Waals surface area (Å²) in [6, 6.07) is 13.9. The van der Waals surface area contributed by atoms with Gasteiger partial charge in [0.25, 0.3) is 0 Å². The number of amides is 2. The van der Waals surface area contributed by atoms with Gasteiger partial charge in [-0.2, -0.15) is 0 Å². The van der Waals surface area contributed by atoms with Gasteiger partial charge in [0.15, 0.2) is 0 Å². The Labute approximate surface area is 219 Å². The molecule has 0 aliphatic rings. The molecule has 0 saturated carbocycles. The highest BCUT2D eigenvalue weighted by molar-refractivity contribution is 7.92. The highest BCUT2D eigenvalue weighted by atomic mass is 35.5. The van der Waals surface area contributed by atoms with Crippen LogP contribution in [0.5, 0.6) is 5.75 Å². The predicted molar refractivity (Wildman–Crippen MR) is 144 cm³/mol. The molecule has 1 N–H and O–H groups in total. The molecule has 2 aromatic rings. The Bertz CT molecular complexity index is 1110. The Hall–Kier alpha value is -2.78. The van der Waals surface area contributed by atoms with Crippen LogP contribution in [0.3, 0.4) is 0 Å². The summed E-state index contributed by atoms with van der Waals surface area (Å²) in [5.74, 6) is 0.0614. The van der Waals surface area contributed by atoms with E-state index < -0.39 is 16.1 Å². The lowest BCUT2D eigenvalue weighted by atomic mass is 10.1. The largest absolute Gasteiger partial charge is 0.495 e. The number of anilines is 1. The van der Waals surface area contributed by atoms with Gasteiger partial charge in [-0.05, 0) is 49.9 Å². The SMILES string of the molecule is CCNC(=O)[C@@H](CC)N(CCc1ccccc1)C(=O)CCCN(c1ccc(OC)c(Cl)c1)S(C)(=O)=O. The van der Waals surface area contributed by atoms with E-state index in [1.165, 1.54) is 17.5 Å². The van der Waals surface area contributed by atoms with Gasteiger partial charge in [0, 0.05) is 26.1 Å². The molecule has 2 rings (SSSR count). The Morgan fingerprint density at radius 3 is 2.33 bits per heavy atom. The first kappa shape index (κ1) is 29.5. The highest BCUT2D eigenvalue weighted by Gasteiger charge is 2.28. The van der Waals surface area contributed by atoms with E-state index in [-0.39, 0.29) is 31.2 Å². The first-order valence-corrected chi connectivity index (χ1v) is 14.3. The van der Waals surface area contributed by atoms with Crippen LogP contribution >= 0.6 is 11.6 Å². The monoisotopic (exact) mass is 537 g/mol. The number of halogens is 1. The van der Waals surface area contributed by atoms with Gasteiger partial charge in [-0.25, -0.2) is 8.42 Å². The Kier molecular flexibility index (Phi) is 11.5. The zero-order chi connectivity index (χ0) is 26.7. The van der Waals surface area contributed by atoms with E-state index in [1.54, 1.807) is 17.0 Å². The molecule has 2 amide bonds. The maximum Gasteiger partial charge on any atom is 0.242 e. The summed E-state index contributed by atoms with van der Waals surface area (Å²) in [5, 5.41) is 3.11. The lowest BCUT2D eigenvalue weighted by Crippen LogP contribution is -2.50. The zero-order valence-corrected chi connectivity index (χ0v) is 22.9. The lowest BCUT2D eigenvalue weighted by Gasteiger charge is -2.31. The molecule has 0 unspecified atom stereocenters. The highest BCUT2D eigenvalue weighted by Crippen LogP contribution is 2.30. The summed E-state index contributed by atoms with van der Waals surface area (Å²) in [7, 11) is -2.13. The van der Waals surface area contributed by atoms with Crippen LogP contribution in [0.1, 0.15) is 38.7 Å². The van der Waals surface area contributed by atoms with E-state index in [1.807, 2.05) is 44.2 Å². The molecule has 0 aliphatic carbocycles. The first-order valence-electron chi connectivity index (χ1n) is 12.0. The third kappa shape index (κ3) is 8.41. The molecule has 0 spiro atoms. The van der Waals surface area contributed by atoms with Crippen LogP contribution in [-0.2, 0) is 26.0 Å². The van der Waals surface area contributed by atoms with Crippen LogP contribution in [0.15, 0.2) is 48.5 Å². The fraction of sp³-hybridized carbons (Fsp3) is 0.462. The van der Waals surface area contributed by atoms with E-state index in [9.17, 15) is 18.0 Å². The van der Waals surface area contributed by atoms with Crippen molar-refractivity contribution in [1.29, 1.82) is 0 Å². The van der Waals surface area contributed by atoms with E-state index in [4.69, 9.17) is 16.3 Å². The number of benzene rings is 2. The van der Waals surface area contributed by atoms with Crippen LogP contribution in [0.25, 0.3) is 0 Å². The number of ether oxygens (including phenoxy) is 1. The molecule has 36 heavy (non-hydrogen) atoms. The fourth-order valence-electron chi connectivity index (χ4n) is 4.00.